The Kier molecular flexibility index (Phi) is 8.79. The van der Waals surface area contributed by atoms with Gasteiger partial charge in [0.2, 0.25) is 0 Å². The Labute approximate surface area is 126 Å². The summed E-state index contributed by atoms with van der Waals surface area (Å²) >= 11 is 0. The Morgan fingerprint density at radius 2 is 1.55 bits per heavy atom. The lowest BCUT2D eigenvalue weighted by Crippen LogP contribution is -2.48. The molecule has 1 rings (SSSR count). The van der Waals surface area contributed by atoms with Gasteiger partial charge in [0.05, 0.1) is 6.10 Å². The molecule has 0 spiro atoms. The van der Waals surface area contributed by atoms with Crippen LogP contribution in [0.4, 0.5) is 0 Å². The Morgan fingerprint density at radius 3 is 2.15 bits per heavy atom. The van der Waals surface area contributed by atoms with E-state index in [0.29, 0.717) is 0 Å². The molecule has 1 atom stereocenters. The van der Waals surface area contributed by atoms with Gasteiger partial charge in [0, 0.05) is 5.54 Å². The average molecular weight is 284 g/mol. The fourth-order valence-corrected chi connectivity index (χ4v) is 3.74. The molecule has 1 fully saturated rings. The van der Waals surface area contributed by atoms with Crippen LogP contribution in [0, 0.1) is 0 Å². The molecule has 0 aliphatic heterocycles. The predicted octanol–water partition coefficient (Wildman–Crippen LogP) is 4.75. The number of hydrogen-bond donors (Lipinski definition) is 1. The molecular formula is C18H37NO. The van der Waals surface area contributed by atoms with Crippen LogP contribution in [0.2, 0.25) is 0 Å². The van der Waals surface area contributed by atoms with Crippen LogP contribution in [0.1, 0.15) is 90.4 Å². The molecule has 1 saturated carbocycles. The van der Waals surface area contributed by atoms with Gasteiger partial charge in [0.1, 0.15) is 0 Å². The van der Waals surface area contributed by atoms with Crippen LogP contribution in [0.25, 0.3) is 0 Å². The Balaban J connectivity index is 2.23. The molecule has 1 aliphatic carbocycles. The van der Waals surface area contributed by atoms with E-state index < -0.39 is 0 Å². The van der Waals surface area contributed by atoms with Crippen LogP contribution in [0.15, 0.2) is 0 Å². The van der Waals surface area contributed by atoms with Gasteiger partial charge < -0.3 is 10.0 Å². The molecule has 1 unspecified atom stereocenters. The van der Waals surface area contributed by atoms with E-state index in [9.17, 15) is 5.11 Å². The minimum atomic E-state index is -0.0957. The molecule has 20 heavy (non-hydrogen) atoms. The van der Waals surface area contributed by atoms with Gasteiger partial charge in [0.25, 0.3) is 0 Å². The quantitative estimate of drug-likeness (QED) is 0.585. The van der Waals surface area contributed by atoms with E-state index in [2.05, 4.69) is 25.9 Å². The first-order chi connectivity index (χ1) is 9.60. The van der Waals surface area contributed by atoms with E-state index in [1.165, 1.54) is 70.6 Å². The lowest BCUT2D eigenvalue weighted by molar-refractivity contribution is 0.0290. The van der Waals surface area contributed by atoms with Crippen LogP contribution in [-0.4, -0.2) is 35.7 Å². The van der Waals surface area contributed by atoms with Gasteiger partial charge in [-0.25, -0.2) is 0 Å². The normalized spacial score (nSPS) is 20.2. The van der Waals surface area contributed by atoms with Crippen molar-refractivity contribution >= 4 is 0 Å². The van der Waals surface area contributed by atoms with Crippen molar-refractivity contribution in [2.24, 2.45) is 0 Å². The number of aliphatic hydroxyl groups excluding tert-OH is 1. The first-order valence-electron chi connectivity index (χ1n) is 8.96. The topological polar surface area (TPSA) is 23.5 Å². The monoisotopic (exact) mass is 283 g/mol. The maximum atomic E-state index is 10.4. The fourth-order valence-electron chi connectivity index (χ4n) is 3.74. The van der Waals surface area contributed by atoms with Crippen molar-refractivity contribution in [1.29, 1.82) is 0 Å². The first kappa shape index (κ1) is 18.0. The van der Waals surface area contributed by atoms with Crippen molar-refractivity contribution in [1.82, 2.24) is 4.90 Å². The first-order valence-corrected chi connectivity index (χ1v) is 8.96. The van der Waals surface area contributed by atoms with Crippen LogP contribution in [0.5, 0.6) is 0 Å². The number of unbranched alkanes of at least 4 members (excludes halogenated alkanes) is 5. The Bertz CT molecular complexity index is 234. The molecule has 2 heteroatoms. The third kappa shape index (κ3) is 6.13. The molecule has 0 bridgehead atoms. The minimum absolute atomic E-state index is 0.0957. The molecular weight excluding hydrogens is 246 g/mol. The highest BCUT2D eigenvalue weighted by Crippen LogP contribution is 2.36. The van der Waals surface area contributed by atoms with Gasteiger partial charge in [-0.1, -0.05) is 64.7 Å². The van der Waals surface area contributed by atoms with E-state index in [4.69, 9.17) is 0 Å². The van der Waals surface area contributed by atoms with Gasteiger partial charge in [-0.05, 0) is 39.8 Å². The summed E-state index contributed by atoms with van der Waals surface area (Å²) in [5, 5.41) is 10.4. The van der Waals surface area contributed by atoms with Crippen molar-refractivity contribution in [3.8, 4) is 0 Å². The zero-order chi connectivity index (χ0) is 14.8. The van der Waals surface area contributed by atoms with Gasteiger partial charge in [-0.3, -0.25) is 0 Å². The summed E-state index contributed by atoms with van der Waals surface area (Å²) in [6.45, 7) is 2.26. The summed E-state index contributed by atoms with van der Waals surface area (Å²) in [4.78, 5) is 2.39. The molecule has 0 aromatic rings. The number of nitrogens with zero attached hydrogens (tertiary/aromatic N) is 1. The predicted molar refractivity (Wildman–Crippen MR) is 88.1 cm³/mol. The fraction of sp³-hybridized carbons (Fsp3) is 1.00. The van der Waals surface area contributed by atoms with Gasteiger partial charge >= 0.3 is 0 Å². The zero-order valence-electron chi connectivity index (χ0n) is 14.2. The molecule has 0 aromatic heterocycles. The molecule has 0 aromatic carbocycles. The van der Waals surface area contributed by atoms with E-state index in [1.54, 1.807) is 0 Å². The van der Waals surface area contributed by atoms with E-state index in [-0.39, 0.29) is 11.6 Å². The van der Waals surface area contributed by atoms with Crippen molar-refractivity contribution < 1.29 is 5.11 Å². The maximum absolute atomic E-state index is 10.4. The Morgan fingerprint density at radius 1 is 0.950 bits per heavy atom. The van der Waals surface area contributed by atoms with Gasteiger partial charge in [-0.15, -0.1) is 0 Å². The highest BCUT2D eigenvalue weighted by molar-refractivity contribution is 4.92. The van der Waals surface area contributed by atoms with Crippen LogP contribution in [-0.2, 0) is 0 Å². The zero-order valence-corrected chi connectivity index (χ0v) is 14.2. The molecule has 2 nitrogen and oxygen atoms in total. The van der Waals surface area contributed by atoms with E-state index >= 15 is 0 Å². The minimum Gasteiger partial charge on any atom is -0.393 e. The highest BCUT2D eigenvalue weighted by Gasteiger charge is 2.35. The van der Waals surface area contributed by atoms with E-state index in [0.717, 1.165) is 12.8 Å². The number of rotatable bonds is 10. The number of hydrogen-bond acceptors (Lipinski definition) is 2. The summed E-state index contributed by atoms with van der Waals surface area (Å²) in [6, 6.07) is 0. The lowest BCUT2D eigenvalue weighted by Gasteiger charge is -2.44. The smallest absolute Gasteiger partial charge is 0.0557 e. The van der Waals surface area contributed by atoms with E-state index in [1.807, 2.05) is 0 Å². The summed E-state index contributed by atoms with van der Waals surface area (Å²) in [7, 11) is 4.39. The Hall–Kier alpha value is -0.0800. The van der Waals surface area contributed by atoms with Crippen molar-refractivity contribution in [2.75, 3.05) is 14.1 Å². The second kappa shape index (κ2) is 9.78. The van der Waals surface area contributed by atoms with Crippen molar-refractivity contribution in [2.45, 2.75) is 102 Å². The molecule has 0 amide bonds. The van der Waals surface area contributed by atoms with Gasteiger partial charge in [-0.2, -0.15) is 0 Å². The maximum Gasteiger partial charge on any atom is 0.0557 e. The van der Waals surface area contributed by atoms with Crippen molar-refractivity contribution in [3.63, 3.8) is 0 Å². The number of aliphatic hydroxyl groups is 1. The second-order valence-corrected chi connectivity index (χ2v) is 7.09. The van der Waals surface area contributed by atoms with Crippen molar-refractivity contribution in [3.05, 3.63) is 0 Å². The summed E-state index contributed by atoms with van der Waals surface area (Å²) in [6.07, 6.45) is 16.4. The average Bonchev–Trinajstić information content (AvgIpc) is 2.43. The molecule has 0 radical (unpaired) electrons. The van der Waals surface area contributed by atoms with Gasteiger partial charge in [0.15, 0.2) is 0 Å². The third-order valence-electron chi connectivity index (χ3n) is 5.24. The highest BCUT2D eigenvalue weighted by atomic mass is 16.3. The van der Waals surface area contributed by atoms with Crippen LogP contribution in [0.3, 0.4) is 0 Å². The molecule has 120 valence electrons. The second-order valence-electron chi connectivity index (χ2n) is 7.09. The van der Waals surface area contributed by atoms with Crippen LogP contribution < -0.4 is 0 Å². The summed E-state index contributed by atoms with van der Waals surface area (Å²) < 4.78 is 0. The molecule has 0 heterocycles. The standard InChI is InChI=1S/C18H37NO/c1-4-5-6-7-8-10-13-17(20)16-18(19(2)3)14-11-9-12-15-18/h17,20H,4-16H2,1-3H3. The third-order valence-corrected chi connectivity index (χ3v) is 5.24. The molecule has 1 N–H and O–H groups in total. The molecule has 1 aliphatic rings. The largest absolute Gasteiger partial charge is 0.393 e. The lowest BCUT2D eigenvalue weighted by atomic mass is 9.76. The summed E-state index contributed by atoms with van der Waals surface area (Å²) in [5.74, 6) is 0. The molecule has 0 saturated heterocycles. The summed E-state index contributed by atoms with van der Waals surface area (Å²) in [5.41, 5.74) is 0.278. The van der Waals surface area contributed by atoms with Crippen LogP contribution >= 0.6 is 0 Å². The SMILES string of the molecule is CCCCCCCCC(O)CC1(N(C)C)CCCCC1.